The van der Waals surface area contributed by atoms with Crippen molar-refractivity contribution >= 4 is 10.9 Å². The van der Waals surface area contributed by atoms with Gasteiger partial charge in [-0.3, -0.25) is 20.9 Å². The number of hydrazine groups is 1. The van der Waals surface area contributed by atoms with Crippen LogP contribution < -0.4 is 11.3 Å². The fourth-order valence-corrected chi connectivity index (χ4v) is 2.49. The highest BCUT2D eigenvalue weighted by molar-refractivity contribution is 5.82. The molecule has 0 spiro atoms. The van der Waals surface area contributed by atoms with Crippen LogP contribution in [0.3, 0.4) is 0 Å². The summed E-state index contributed by atoms with van der Waals surface area (Å²) in [6.45, 7) is 2.09. The lowest BCUT2D eigenvalue weighted by atomic mass is 10.0. The number of nitrogens with two attached hydrogens (primary N) is 1. The number of nitrogens with zero attached hydrogens (tertiary/aromatic N) is 4. The molecule has 3 rings (SSSR count). The molecule has 2 heterocycles. The molecule has 3 aromatic rings. The predicted molar refractivity (Wildman–Crippen MR) is 81.3 cm³/mol. The molecule has 0 aliphatic carbocycles. The number of benzene rings is 1. The average molecular weight is 282 g/mol. The second kappa shape index (κ2) is 5.59. The van der Waals surface area contributed by atoms with Gasteiger partial charge in [0.2, 0.25) is 0 Å². The number of hydrogen-bond acceptors (Lipinski definition) is 5. The molecule has 108 valence electrons. The fraction of sp³-hybridized carbons (Fsp3) is 0.267. The van der Waals surface area contributed by atoms with Crippen molar-refractivity contribution in [3.63, 3.8) is 0 Å². The molecule has 0 aliphatic heterocycles. The van der Waals surface area contributed by atoms with Gasteiger partial charge in [0.1, 0.15) is 12.2 Å². The molecule has 1 aromatic carbocycles. The van der Waals surface area contributed by atoms with Crippen molar-refractivity contribution in [2.24, 2.45) is 12.9 Å². The lowest BCUT2D eigenvalue weighted by molar-refractivity contribution is 0.513. The van der Waals surface area contributed by atoms with Gasteiger partial charge in [-0.05, 0) is 24.6 Å². The van der Waals surface area contributed by atoms with Crippen molar-refractivity contribution in [3.8, 4) is 0 Å². The first-order valence-electron chi connectivity index (χ1n) is 6.84. The van der Waals surface area contributed by atoms with Crippen LogP contribution in [0.1, 0.15) is 23.1 Å². The SMILES string of the molecule is Cc1cc(C(Cc2ncnn2C)NN)nc2ccccc12. The molecule has 21 heavy (non-hydrogen) atoms. The van der Waals surface area contributed by atoms with Crippen LogP contribution >= 0.6 is 0 Å². The maximum Gasteiger partial charge on any atom is 0.138 e. The van der Waals surface area contributed by atoms with E-state index in [1.165, 1.54) is 5.56 Å². The lowest BCUT2D eigenvalue weighted by Gasteiger charge is -2.16. The minimum Gasteiger partial charge on any atom is -0.271 e. The fourth-order valence-electron chi connectivity index (χ4n) is 2.49. The summed E-state index contributed by atoms with van der Waals surface area (Å²) in [6.07, 6.45) is 2.18. The lowest BCUT2D eigenvalue weighted by Crippen LogP contribution is -2.31. The number of aryl methyl sites for hydroxylation is 2. The van der Waals surface area contributed by atoms with Crippen LogP contribution in [0.5, 0.6) is 0 Å². The van der Waals surface area contributed by atoms with Gasteiger partial charge in [-0.2, -0.15) is 5.10 Å². The van der Waals surface area contributed by atoms with Gasteiger partial charge in [-0.25, -0.2) is 4.98 Å². The van der Waals surface area contributed by atoms with E-state index >= 15 is 0 Å². The van der Waals surface area contributed by atoms with Gasteiger partial charge >= 0.3 is 0 Å². The maximum absolute atomic E-state index is 5.72. The highest BCUT2D eigenvalue weighted by Gasteiger charge is 2.16. The monoisotopic (exact) mass is 282 g/mol. The second-order valence-corrected chi connectivity index (χ2v) is 5.10. The Labute approximate surface area is 123 Å². The summed E-state index contributed by atoms with van der Waals surface area (Å²) < 4.78 is 1.75. The third-order valence-corrected chi connectivity index (χ3v) is 3.69. The molecule has 0 aliphatic rings. The van der Waals surface area contributed by atoms with Crippen LogP contribution in [0.25, 0.3) is 10.9 Å². The van der Waals surface area contributed by atoms with Crippen molar-refractivity contribution in [3.05, 3.63) is 53.7 Å². The number of fused-ring (bicyclic) bond motifs is 1. The third-order valence-electron chi connectivity index (χ3n) is 3.69. The summed E-state index contributed by atoms with van der Waals surface area (Å²) in [6, 6.07) is 10.1. The molecule has 0 fully saturated rings. The Morgan fingerprint density at radius 2 is 2.14 bits per heavy atom. The quantitative estimate of drug-likeness (QED) is 0.558. The molecule has 0 amide bonds. The van der Waals surface area contributed by atoms with Crippen LogP contribution in [-0.4, -0.2) is 19.7 Å². The number of nitrogens with one attached hydrogen (secondary N) is 1. The molecule has 1 atom stereocenters. The summed E-state index contributed by atoms with van der Waals surface area (Å²) in [5, 5.41) is 5.24. The van der Waals surface area contributed by atoms with Crippen molar-refractivity contribution in [2.75, 3.05) is 0 Å². The van der Waals surface area contributed by atoms with Gasteiger partial charge < -0.3 is 0 Å². The van der Waals surface area contributed by atoms with Crippen LogP contribution in [0.4, 0.5) is 0 Å². The molecular formula is C15H18N6. The first-order chi connectivity index (χ1) is 10.2. The molecule has 6 heteroatoms. The van der Waals surface area contributed by atoms with E-state index in [2.05, 4.69) is 34.6 Å². The predicted octanol–water partition coefficient (Wildman–Crippen LogP) is 1.42. The third kappa shape index (κ3) is 2.63. The van der Waals surface area contributed by atoms with Crippen LogP contribution in [0, 0.1) is 6.92 Å². The Balaban J connectivity index is 1.99. The molecular weight excluding hydrogens is 264 g/mol. The van der Waals surface area contributed by atoms with E-state index in [0.29, 0.717) is 6.42 Å². The summed E-state index contributed by atoms with van der Waals surface area (Å²) in [7, 11) is 1.87. The number of rotatable bonds is 4. The van der Waals surface area contributed by atoms with Crippen molar-refractivity contribution in [2.45, 2.75) is 19.4 Å². The topological polar surface area (TPSA) is 81.7 Å². The summed E-state index contributed by atoms with van der Waals surface area (Å²) in [4.78, 5) is 8.96. The van der Waals surface area contributed by atoms with Crippen LogP contribution in [0.2, 0.25) is 0 Å². The molecule has 0 saturated heterocycles. The van der Waals surface area contributed by atoms with Crippen molar-refractivity contribution in [1.82, 2.24) is 25.2 Å². The first kappa shape index (κ1) is 13.7. The van der Waals surface area contributed by atoms with Crippen molar-refractivity contribution in [1.29, 1.82) is 0 Å². The highest BCUT2D eigenvalue weighted by Crippen LogP contribution is 2.22. The standard InChI is InChI=1S/C15H18N6/c1-10-7-13(19-12-6-4-3-5-11(10)12)14(20-16)8-15-17-9-18-21(15)2/h3-7,9,14,20H,8,16H2,1-2H3. The van der Waals surface area contributed by atoms with E-state index in [1.807, 2.05) is 25.2 Å². The van der Waals surface area contributed by atoms with Crippen LogP contribution in [-0.2, 0) is 13.5 Å². The van der Waals surface area contributed by atoms with Crippen molar-refractivity contribution < 1.29 is 0 Å². The average Bonchev–Trinajstić information content (AvgIpc) is 2.90. The second-order valence-electron chi connectivity index (χ2n) is 5.10. The molecule has 1 unspecified atom stereocenters. The minimum atomic E-state index is -0.101. The van der Waals surface area contributed by atoms with E-state index in [-0.39, 0.29) is 6.04 Å². The van der Waals surface area contributed by atoms with E-state index in [4.69, 9.17) is 10.8 Å². The van der Waals surface area contributed by atoms with Gasteiger partial charge in [0, 0.05) is 18.9 Å². The molecule has 2 aromatic heterocycles. The van der Waals surface area contributed by atoms with E-state index in [9.17, 15) is 0 Å². The largest absolute Gasteiger partial charge is 0.271 e. The van der Waals surface area contributed by atoms with Crippen LogP contribution in [0.15, 0.2) is 36.7 Å². The normalized spacial score (nSPS) is 12.7. The Hall–Kier alpha value is -2.31. The Morgan fingerprint density at radius 1 is 1.33 bits per heavy atom. The van der Waals surface area contributed by atoms with Gasteiger partial charge in [0.15, 0.2) is 0 Å². The van der Waals surface area contributed by atoms with E-state index in [1.54, 1.807) is 11.0 Å². The summed E-state index contributed by atoms with van der Waals surface area (Å²) in [5.41, 5.74) is 5.91. The zero-order valence-electron chi connectivity index (χ0n) is 12.1. The van der Waals surface area contributed by atoms with Gasteiger partial charge in [0.25, 0.3) is 0 Å². The number of pyridine rings is 1. The summed E-state index contributed by atoms with van der Waals surface area (Å²) >= 11 is 0. The molecule has 3 N–H and O–H groups in total. The Bertz CT molecular complexity index is 764. The molecule has 0 saturated carbocycles. The Morgan fingerprint density at radius 3 is 2.86 bits per heavy atom. The molecule has 0 bridgehead atoms. The van der Waals surface area contributed by atoms with Gasteiger partial charge in [-0.15, -0.1) is 0 Å². The van der Waals surface area contributed by atoms with E-state index in [0.717, 1.165) is 22.4 Å². The van der Waals surface area contributed by atoms with Gasteiger partial charge in [-0.1, -0.05) is 18.2 Å². The summed E-state index contributed by atoms with van der Waals surface area (Å²) in [5.74, 6) is 6.58. The molecule has 0 radical (unpaired) electrons. The highest BCUT2D eigenvalue weighted by atomic mass is 15.3. The number of hydrogen-bond donors (Lipinski definition) is 2. The van der Waals surface area contributed by atoms with Gasteiger partial charge in [0.05, 0.1) is 17.3 Å². The number of para-hydroxylation sites is 1. The smallest absolute Gasteiger partial charge is 0.138 e. The minimum absolute atomic E-state index is 0.101. The number of aromatic nitrogens is 4. The maximum atomic E-state index is 5.72. The van der Waals surface area contributed by atoms with E-state index < -0.39 is 0 Å². The Kier molecular flexibility index (Phi) is 3.64. The first-order valence-corrected chi connectivity index (χ1v) is 6.84. The zero-order chi connectivity index (χ0) is 14.8. The molecule has 6 nitrogen and oxygen atoms in total. The zero-order valence-corrected chi connectivity index (χ0v) is 12.1.